The highest BCUT2D eigenvalue weighted by molar-refractivity contribution is 8.00. The van der Waals surface area contributed by atoms with Crippen molar-refractivity contribution in [1.29, 1.82) is 0 Å². The van der Waals surface area contributed by atoms with Crippen LogP contribution >= 0.6 is 11.8 Å². The second kappa shape index (κ2) is 6.76. The minimum absolute atomic E-state index is 0.193. The van der Waals surface area contributed by atoms with Crippen molar-refractivity contribution in [1.82, 2.24) is 4.98 Å². The second-order valence-corrected chi connectivity index (χ2v) is 5.21. The third kappa shape index (κ3) is 4.22. The van der Waals surface area contributed by atoms with E-state index >= 15 is 0 Å². The van der Waals surface area contributed by atoms with Crippen LogP contribution in [-0.4, -0.2) is 22.6 Å². The quantitative estimate of drug-likeness (QED) is 0.725. The number of carbonyl (C=O) groups is 2. The fourth-order valence-corrected chi connectivity index (χ4v) is 2.28. The number of rotatable bonds is 5. The number of hydrogen-bond donors (Lipinski definition) is 3. The lowest BCUT2D eigenvalue weighted by atomic mass is 10.1. The van der Waals surface area contributed by atoms with Crippen LogP contribution in [0.5, 0.6) is 0 Å². The molecule has 0 fully saturated rings. The molecule has 1 aromatic carbocycles. The molecule has 108 valence electrons. The number of amides is 2. The average molecular weight is 302 g/mol. The largest absolute Gasteiger partial charge is 0.384 e. The number of carbonyl (C=O) groups excluding carboxylic acids is 2. The van der Waals surface area contributed by atoms with Crippen molar-refractivity contribution in [2.45, 2.75) is 4.90 Å². The van der Waals surface area contributed by atoms with Crippen molar-refractivity contribution in [3.8, 4) is 0 Å². The third-order valence-electron chi connectivity index (χ3n) is 2.60. The fourth-order valence-electron chi connectivity index (χ4n) is 1.62. The Hall–Kier alpha value is -2.54. The monoisotopic (exact) mass is 302 g/mol. The number of thioether (sulfide) groups is 1. The molecule has 7 heteroatoms. The van der Waals surface area contributed by atoms with Gasteiger partial charge in [-0.1, -0.05) is 12.1 Å². The summed E-state index contributed by atoms with van der Waals surface area (Å²) in [5.74, 6) is -0.190. The number of hydrogen-bond acceptors (Lipinski definition) is 5. The molecular weight excluding hydrogens is 288 g/mol. The summed E-state index contributed by atoms with van der Waals surface area (Å²) < 4.78 is 0. The summed E-state index contributed by atoms with van der Waals surface area (Å²) in [5, 5.41) is 2.67. The molecule has 2 rings (SSSR count). The second-order valence-electron chi connectivity index (χ2n) is 4.17. The van der Waals surface area contributed by atoms with E-state index in [0.29, 0.717) is 11.5 Å². The van der Waals surface area contributed by atoms with Gasteiger partial charge in [-0.15, -0.1) is 11.8 Å². The van der Waals surface area contributed by atoms with Crippen LogP contribution in [0.4, 0.5) is 11.5 Å². The number of anilines is 2. The Balaban J connectivity index is 1.96. The van der Waals surface area contributed by atoms with E-state index < -0.39 is 5.91 Å². The maximum Gasteiger partial charge on any atom is 0.250 e. The minimum Gasteiger partial charge on any atom is -0.384 e. The van der Waals surface area contributed by atoms with Gasteiger partial charge in [0, 0.05) is 11.1 Å². The lowest BCUT2D eigenvalue weighted by Gasteiger charge is -2.08. The van der Waals surface area contributed by atoms with Gasteiger partial charge >= 0.3 is 0 Å². The summed E-state index contributed by atoms with van der Waals surface area (Å²) in [4.78, 5) is 27.9. The molecule has 0 aliphatic heterocycles. The van der Waals surface area contributed by atoms with Gasteiger partial charge in [0.05, 0.1) is 17.0 Å². The summed E-state index contributed by atoms with van der Waals surface area (Å²) in [6.45, 7) is 0. The number of nitrogens with two attached hydrogens (primary N) is 2. The molecule has 0 unspecified atom stereocenters. The molecule has 2 aromatic rings. The molecule has 0 spiro atoms. The van der Waals surface area contributed by atoms with Gasteiger partial charge in [0.25, 0.3) is 5.91 Å². The van der Waals surface area contributed by atoms with Crippen molar-refractivity contribution >= 4 is 35.1 Å². The number of benzene rings is 1. The van der Waals surface area contributed by atoms with Crippen LogP contribution in [-0.2, 0) is 4.79 Å². The Labute approximate surface area is 125 Å². The molecule has 1 aromatic heterocycles. The average Bonchev–Trinajstić information content (AvgIpc) is 2.47. The van der Waals surface area contributed by atoms with E-state index in [1.807, 2.05) is 0 Å². The Morgan fingerprint density at radius 3 is 2.62 bits per heavy atom. The molecule has 6 nitrogen and oxygen atoms in total. The molecule has 21 heavy (non-hydrogen) atoms. The van der Waals surface area contributed by atoms with Crippen LogP contribution in [0, 0.1) is 0 Å². The van der Waals surface area contributed by atoms with E-state index in [2.05, 4.69) is 10.3 Å². The number of primary amides is 1. The molecule has 5 N–H and O–H groups in total. The first-order valence-corrected chi connectivity index (χ1v) is 7.08. The van der Waals surface area contributed by atoms with E-state index in [4.69, 9.17) is 11.5 Å². The summed E-state index contributed by atoms with van der Waals surface area (Å²) in [6.07, 6.45) is 1.60. The minimum atomic E-state index is -0.582. The van der Waals surface area contributed by atoms with Crippen LogP contribution in [0.2, 0.25) is 0 Å². The van der Waals surface area contributed by atoms with Gasteiger partial charge in [0.15, 0.2) is 0 Å². The van der Waals surface area contributed by atoms with Crippen LogP contribution in [0.1, 0.15) is 10.4 Å². The van der Waals surface area contributed by atoms with Crippen LogP contribution in [0.15, 0.2) is 47.5 Å². The molecule has 0 aliphatic carbocycles. The van der Waals surface area contributed by atoms with E-state index in [9.17, 15) is 9.59 Å². The molecule has 2 amide bonds. The highest BCUT2D eigenvalue weighted by atomic mass is 32.2. The summed E-state index contributed by atoms with van der Waals surface area (Å²) in [6, 6.07) is 10.1. The highest BCUT2D eigenvalue weighted by Crippen LogP contribution is 2.19. The van der Waals surface area contributed by atoms with Crippen molar-refractivity contribution < 1.29 is 9.59 Å². The molecule has 0 aliphatic rings. The Bertz CT molecular complexity index is 658. The Kier molecular flexibility index (Phi) is 4.78. The first kappa shape index (κ1) is 14.9. The van der Waals surface area contributed by atoms with Gasteiger partial charge < -0.3 is 16.8 Å². The van der Waals surface area contributed by atoms with E-state index in [1.165, 1.54) is 11.8 Å². The number of nitrogen functional groups attached to an aromatic ring is 1. The van der Waals surface area contributed by atoms with Crippen LogP contribution < -0.4 is 16.8 Å². The topological polar surface area (TPSA) is 111 Å². The molecule has 0 atom stereocenters. The van der Waals surface area contributed by atoms with Crippen LogP contribution in [0.3, 0.4) is 0 Å². The van der Waals surface area contributed by atoms with Gasteiger partial charge in [-0.2, -0.15) is 0 Å². The lowest BCUT2D eigenvalue weighted by Crippen LogP contribution is -2.19. The highest BCUT2D eigenvalue weighted by Gasteiger charge is 2.10. The standard InChI is InChI=1S/C14H14N4O2S/c15-12-6-5-9(7-17-12)21-8-13(19)18-11-4-2-1-3-10(11)14(16)20/h1-7H,8H2,(H2,15,17)(H2,16,20)(H,18,19). The van der Waals surface area contributed by atoms with E-state index in [1.54, 1.807) is 42.6 Å². The first-order chi connectivity index (χ1) is 10.1. The zero-order chi connectivity index (χ0) is 15.2. The van der Waals surface area contributed by atoms with Gasteiger partial charge in [-0.05, 0) is 24.3 Å². The zero-order valence-corrected chi connectivity index (χ0v) is 11.9. The summed E-state index contributed by atoms with van der Waals surface area (Å²) >= 11 is 1.32. The fraction of sp³-hybridized carbons (Fsp3) is 0.0714. The maximum absolute atomic E-state index is 11.9. The number of nitrogens with one attached hydrogen (secondary N) is 1. The van der Waals surface area contributed by atoms with Crippen molar-refractivity contribution in [2.75, 3.05) is 16.8 Å². The third-order valence-corrected chi connectivity index (χ3v) is 3.58. The Morgan fingerprint density at radius 2 is 1.95 bits per heavy atom. The predicted molar refractivity (Wildman–Crippen MR) is 83.0 cm³/mol. The molecule has 0 saturated heterocycles. The van der Waals surface area contributed by atoms with Gasteiger partial charge in [0.1, 0.15) is 5.82 Å². The molecular formula is C14H14N4O2S. The molecule has 0 saturated carbocycles. The number of aromatic nitrogens is 1. The van der Waals surface area contributed by atoms with Gasteiger partial charge in [-0.25, -0.2) is 4.98 Å². The molecule has 1 heterocycles. The zero-order valence-electron chi connectivity index (χ0n) is 11.1. The maximum atomic E-state index is 11.9. The molecule has 0 radical (unpaired) electrons. The lowest BCUT2D eigenvalue weighted by molar-refractivity contribution is -0.113. The van der Waals surface area contributed by atoms with Gasteiger partial charge in [-0.3, -0.25) is 9.59 Å². The SMILES string of the molecule is NC(=O)c1ccccc1NC(=O)CSc1ccc(N)nc1. The van der Waals surface area contributed by atoms with Crippen molar-refractivity contribution in [2.24, 2.45) is 5.73 Å². The van der Waals surface area contributed by atoms with Crippen molar-refractivity contribution in [3.05, 3.63) is 48.2 Å². The summed E-state index contributed by atoms with van der Waals surface area (Å²) in [7, 11) is 0. The predicted octanol–water partition coefficient (Wildman–Crippen LogP) is 1.49. The Morgan fingerprint density at radius 1 is 1.19 bits per heavy atom. The smallest absolute Gasteiger partial charge is 0.250 e. The summed E-state index contributed by atoms with van der Waals surface area (Å²) in [5.41, 5.74) is 11.4. The van der Waals surface area contributed by atoms with Crippen LogP contribution in [0.25, 0.3) is 0 Å². The number of pyridine rings is 1. The van der Waals surface area contributed by atoms with Crippen molar-refractivity contribution in [3.63, 3.8) is 0 Å². The normalized spacial score (nSPS) is 10.1. The van der Waals surface area contributed by atoms with E-state index in [0.717, 1.165) is 4.90 Å². The molecule has 0 bridgehead atoms. The van der Waals surface area contributed by atoms with E-state index in [-0.39, 0.29) is 17.2 Å². The number of para-hydroxylation sites is 1. The number of nitrogens with zero attached hydrogens (tertiary/aromatic N) is 1. The van der Waals surface area contributed by atoms with Gasteiger partial charge in [0.2, 0.25) is 5.91 Å². The first-order valence-electron chi connectivity index (χ1n) is 6.09.